The third kappa shape index (κ3) is 24.0. The summed E-state index contributed by atoms with van der Waals surface area (Å²) in [7, 11) is 6.82. The van der Waals surface area contributed by atoms with Crippen LogP contribution in [-0.2, 0) is 40.9 Å². The number of hydrogen-bond acceptors (Lipinski definition) is 16. The second-order valence-electron chi connectivity index (χ2n) is 25.4. The van der Waals surface area contributed by atoms with Gasteiger partial charge in [-0.25, -0.2) is 9.97 Å². The predicted molar refractivity (Wildman–Crippen MR) is 383 cm³/mol. The van der Waals surface area contributed by atoms with E-state index in [0.29, 0.717) is 67.7 Å². The fourth-order valence-electron chi connectivity index (χ4n) is 12.0. The van der Waals surface area contributed by atoms with Gasteiger partial charge in [-0.2, -0.15) is 4.98 Å². The van der Waals surface area contributed by atoms with E-state index in [-0.39, 0.29) is 84.2 Å². The lowest BCUT2D eigenvalue weighted by Crippen LogP contribution is -2.42. The van der Waals surface area contributed by atoms with Gasteiger partial charge in [-0.3, -0.25) is 43.9 Å². The Labute approximate surface area is 574 Å². The summed E-state index contributed by atoms with van der Waals surface area (Å²) in [6.45, 7) is 7.25. The third-order valence-corrected chi connectivity index (χ3v) is 20.1. The molecular weight excluding hydrogens is 1250 g/mol. The van der Waals surface area contributed by atoms with Crippen LogP contribution in [0.1, 0.15) is 208 Å². The number of unbranched alkanes of at least 4 members (excludes halogenated alkanes) is 13. The number of likely N-dealkylation sites (tertiary alicyclic amines) is 1. The highest BCUT2D eigenvalue weighted by Crippen LogP contribution is 2.42. The summed E-state index contributed by atoms with van der Waals surface area (Å²) < 4.78 is 18.1. The Morgan fingerprint density at radius 1 is 0.667 bits per heavy atom. The number of aromatic nitrogens is 4. The number of ether oxygens (including phenoxy) is 3. The highest BCUT2D eigenvalue weighted by molar-refractivity contribution is 8.76. The Bertz CT molecular complexity index is 3420. The van der Waals surface area contributed by atoms with Gasteiger partial charge in [0.1, 0.15) is 28.7 Å². The molecule has 1 fully saturated rings. The zero-order valence-corrected chi connectivity index (χ0v) is 58.7. The number of Topliss-reactive ketones (excluding diaryl/α,β-unsaturated/α-hetero) is 2. The number of aromatic amines is 1. The molecule has 4 amide bonds. The van der Waals surface area contributed by atoms with Crippen molar-refractivity contribution < 1.29 is 48.1 Å². The zero-order chi connectivity index (χ0) is 68.7. The highest BCUT2D eigenvalue weighted by Gasteiger charge is 2.41. The Morgan fingerprint density at radius 3 is 1.73 bits per heavy atom. The first kappa shape index (κ1) is 75.9. The molecule has 7 rings (SSSR count). The van der Waals surface area contributed by atoms with Crippen LogP contribution >= 0.6 is 21.6 Å². The van der Waals surface area contributed by atoms with Crippen LogP contribution in [0.5, 0.6) is 11.5 Å². The highest BCUT2D eigenvalue weighted by atomic mass is 33.1. The number of anilines is 2. The minimum atomic E-state index is -1.02. The molecule has 0 spiro atoms. The molecule has 0 bridgehead atoms. The number of ketones is 2. The van der Waals surface area contributed by atoms with Gasteiger partial charge in [0.2, 0.25) is 23.7 Å². The quantitative estimate of drug-likeness (QED) is 0.0158. The molecule has 2 aromatic heterocycles. The lowest BCUT2D eigenvalue weighted by atomic mass is 9.80. The Balaban J connectivity index is 0.649. The second kappa shape index (κ2) is 40.3. The number of carbonyl (C=O) groups is 6. The maximum absolute atomic E-state index is 13.7. The molecule has 1 saturated heterocycles. The monoisotopic (exact) mass is 1350 g/mol. The minimum Gasteiger partial charge on any atom is -0.497 e. The molecule has 4 N–H and O–H groups in total. The van der Waals surface area contributed by atoms with Gasteiger partial charge in [0.25, 0.3) is 11.5 Å². The van der Waals surface area contributed by atoms with Crippen LogP contribution < -0.4 is 30.6 Å². The number of carbonyl (C=O) groups excluding carboxylic acids is 6. The van der Waals surface area contributed by atoms with Crippen LogP contribution in [0.2, 0.25) is 0 Å². The average molecular weight is 1350 g/mol. The molecular formula is C75H100N8O11S2. The summed E-state index contributed by atoms with van der Waals surface area (Å²) in [4.78, 5) is 108. The molecule has 0 unspecified atom stereocenters. The van der Waals surface area contributed by atoms with Gasteiger partial charge in [-0.15, -0.1) is 0 Å². The number of fused-ring (bicyclic) bond motifs is 1. The maximum Gasteiger partial charge on any atom is 0.280 e. The standard InChI is InChI=1S/C75H100N8O11S2/c1-53(2)71(89)80-74-79-70-69(73(91)81-74)78-60(49-76-70)50-82(55(4)84)61-39-33-56(34-40-61)72(90)77-54(3)32-41-64(86)29-23-18-16-14-12-10-8-7-9-11-13-15-17-22-28-63(85)30-24-46-95-96-47-25-31-68(88)83-51-65(87)48-62(83)52-94-75(57-26-20-19-21-27-57,58-35-42-66(92-5)43-36-58)59-37-44-67(93-6)45-38-59/h19-21,26-27,33-40,42-45,49,53-54,62,65,87H,7-18,22-25,28-32,41,46-48,50-52H2,1-6H3,(H,77,90)(H2,76,79,80,81,89,91)/t54-,62+,65-/m1/s1. The van der Waals surface area contributed by atoms with Gasteiger partial charge in [0, 0.05) is 80.3 Å². The molecule has 518 valence electrons. The van der Waals surface area contributed by atoms with Crippen molar-refractivity contribution >= 4 is 79.6 Å². The molecule has 6 aromatic rings. The first-order valence-corrected chi connectivity index (χ1v) is 37.0. The summed E-state index contributed by atoms with van der Waals surface area (Å²) in [5.41, 5.74) is 2.43. The van der Waals surface area contributed by atoms with Gasteiger partial charge in [-0.05, 0) is 111 Å². The van der Waals surface area contributed by atoms with Crippen LogP contribution in [-0.4, -0.2) is 122 Å². The van der Waals surface area contributed by atoms with Crippen molar-refractivity contribution in [3.8, 4) is 11.5 Å². The number of H-pyrrole nitrogens is 1. The number of benzene rings is 4. The van der Waals surface area contributed by atoms with Crippen molar-refractivity contribution in [1.29, 1.82) is 0 Å². The van der Waals surface area contributed by atoms with E-state index in [0.717, 1.165) is 84.6 Å². The molecule has 0 radical (unpaired) electrons. The lowest BCUT2D eigenvalue weighted by molar-refractivity contribution is -0.134. The smallest absolute Gasteiger partial charge is 0.280 e. The number of methoxy groups -OCH3 is 2. The topological polar surface area (TPSA) is 252 Å². The molecule has 1 aliphatic rings. The van der Waals surface area contributed by atoms with E-state index in [1.165, 1.54) is 75.8 Å². The lowest BCUT2D eigenvalue weighted by Gasteiger charge is -2.38. The summed E-state index contributed by atoms with van der Waals surface area (Å²) in [6, 6.07) is 31.9. The Morgan fingerprint density at radius 2 is 1.19 bits per heavy atom. The van der Waals surface area contributed by atoms with E-state index in [9.17, 15) is 38.7 Å². The number of β-amino-alcohol motifs (C(OH)–C–C–N with tert-alkyl or cyclic N) is 1. The Kier molecular flexibility index (Phi) is 31.9. The van der Waals surface area contributed by atoms with Crippen LogP contribution in [0.15, 0.2) is 114 Å². The fourth-order valence-corrected chi connectivity index (χ4v) is 14.2. The van der Waals surface area contributed by atoms with Crippen LogP contribution in [0, 0.1) is 5.92 Å². The van der Waals surface area contributed by atoms with Gasteiger partial charge in [0.05, 0.1) is 51.4 Å². The van der Waals surface area contributed by atoms with Crippen LogP contribution in [0.3, 0.4) is 0 Å². The summed E-state index contributed by atoms with van der Waals surface area (Å²) >= 11 is 0. The molecule has 3 heterocycles. The number of aliphatic hydroxyl groups excluding tert-OH is 1. The molecule has 21 heteroatoms. The van der Waals surface area contributed by atoms with Crippen molar-refractivity contribution in [3.63, 3.8) is 0 Å². The molecule has 0 aliphatic carbocycles. The van der Waals surface area contributed by atoms with Crippen LogP contribution in [0.25, 0.3) is 11.2 Å². The van der Waals surface area contributed by atoms with Crippen LogP contribution in [0.4, 0.5) is 11.6 Å². The largest absolute Gasteiger partial charge is 0.497 e. The summed E-state index contributed by atoms with van der Waals surface area (Å²) in [5, 5.41) is 16.4. The molecule has 3 atom stereocenters. The number of hydrogen-bond donors (Lipinski definition) is 4. The zero-order valence-electron chi connectivity index (χ0n) is 57.1. The first-order chi connectivity index (χ1) is 46.5. The number of aliphatic hydroxyl groups is 1. The van der Waals surface area contributed by atoms with E-state index in [1.54, 1.807) is 73.9 Å². The normalized spacial score (nSPS) is 14.2. The fraction of sp³-hybridized carbons (Fsp3) is 0.520. The van der Waals surface area contributed by atoms with E-state index in [4.69, 9.17) is 14.2 Å². The predicted octanol–water partition coefficient (Wildman–Crippen LogP) is 14.1. The van der Waals surface area contributed by atoms with E-state index in [1.807, 2.05) is 78.6 Å². The summed E-state index contributed by atoms with van der Waals surface area (Å²) in [6.07, 6.45) is 22.3. The Hall–Kier alpha value is -7.46. The number of nitrogens with zero attached hydrogens (tertiary/aromatic N) is 5. The van der Waals surface area contributed by atoms with Crippen molar-refractivity contribution in [3.05, 3.63) is 148 Å². The molecule has 19 nitrogen and oxygen atoms in total. The molecule has 4 aromatic carbocycles. The van der Waals surface area contributed by atoms with Gasteiger partial charge in [-0.1, -0.05) is 167 Å². The SMILES string of the molecule is COc1ccc(C(OC[C@@H]2C[C@@H](O)CN2C(=O)CCCSSCCCC(=O)CCCCCCCCCCCCCCCCC(=O)CC[C@@H](C)NC(=O)c2ccc(N(Cc3cnc4nc(NC(=O)C(C)C)[nH]c(=O)c4n3)C(C)=O)cc2)(c2ccccc2)c2ccc(OC)cc2)cc1. The van der Waals surface area contributed by atoms with Crippen molar-refractivity contribution in [2.24, 2.45) is 5.92 Å². The number of nitrogens with one attached hydrogen (secondary N) is 3. The van der Waals surface area contributed by atoms with E-state index in [2.05, 4.69) is 42.7 Å². The minimum absolute atomic E-state index is 0.00793. The molecule has 0 saturated carbocycles. The van der Waals surface area contributed by atoms with Gasteiger partial charge >= 0.3 is 0 Å². The number of rotatable bonds is 44. The van der Waals surface area contributed by atoms with E-state index < -0.39 is 17.3 Å². The first-order valence-electron chi connectivity index (χ1n) is 34.5. The average Bonchev–Trinajstić information content (AvgIpc) is 0.832. The molecule has 96 heavy (non-hydrogen) atoms. The molecule has 1 aliphatic heterocycles. The van der Waals surface area contributed by atoms with Gasteiger partial charge in [0.15, 0.2) is 11.2 Å². The summed E-state index contributed by atoms with van der Waals surface area (Å²) in [5.74, 6) is 2.58. The van der Waals surface area contributed by atoms with Crippen molar-refractivity contribution in [2.45, 2.75) is 206 Å². The third-order valence-electron chi connectivity index (χ3n) is 17.5. The maximum atomic E-state index is 13.7. The van der Waals surface area contributed by atoms with Crippen molar-refractivity contribution in [2.75, 3.05) is 49.1 Å². The van der Waals surface area contributed by atoms with Crippen molar-refractivity contribution in [1.82, 2.24) is 30.2 Å². The second-order valence-corrected chi connectivity index (χ2v) is 28.1. The number of amides is 4. The van der Waals surface area contributed by atoms with Gasteiger partial charge < -0.3 is 34.4 Å². The van der Waals surface area contributed by atoms with E-state index >= 15 is 0 Å².